The van der Waals surface area contributed by atoms with Gasteiger partial charge in [0, 0.05) is 12.5 Å². The number of nitrogens with zero attached hydrogens (tertiary/aromatic N) is 2. The Bertz CT molecular complexity index is 908. The fraction of sp³-hybridized carbons (Fsp3) is 0.500. The van der Waals surface area contributed by atoms with E-state index in [1.807, 2.05) is 4.68 Å². The van der Waals surface area contributed by atoms with Gasteiger partial charge in [-0.05, 0) is 37.3 Å². The molecular weight excluding hydrogens is 362 g/mol. The van der Waals surface area contributed by atoms with Gasteiger partial charge in [-0.2, -0.15) is 5.10 Å². The van der Waals surface area contributed by atoms with E-state index in [0.717, 1.165) is 36.4 Å². The van der Waals surface area contributed by atoms with Crippen molar-refractivity contribution in [2.45, 2.75) is 50.3 Å². The number of carboxylic acids is 1. The number of nitrogens with one attached hydrogen (secondary N) is 1. The second-order valence-corrected chi connectivity index (χ2v) is 9.74. The molecule has 1 fully saturated rings. The third-order valence-electron chi connectivity index (χ3n) is 3.98. The molecule has 0 unspecified atom stereocenters. The summed E-state index contributed by atoms with van der Waals surface area (Å²) in [6, 6.07) is 1.39. The Labute approximate surface area is 150 Å². The summed E-state index contributed by atoms with van der Waals surface area (Å²) in [5.41, 5.74) is 1.85. The highest BCUT2D eigenvalue weighted by Crippen LogP contribution is 2.44. The van der Waals surface area contributed by atoms with Crippen LogP contribution in [0.3, 0.4) is 0 Å². The van der Waals surface area contributed by atoms with E-state index in [0.29, 0.717) is 23.1 Å². The first-order valence-electron chi connectivity index (χ1n) is 8.11. The van der Waals surface area contributed by atoms with Crippen LogP contribution in [0.1, 0.15) is 53.5 Å². The summed E-state index contributed by atoms with van der Waals surface area (Å²) in [5, 5.41) is 13.5. The van der Waals surface area contributed by atoms with E-state index in [4.69, 9.17) is 5.11 Å². The first kappa shape index (κ1) is 17.9. The Morgan fingerprint density at radius 1 is 1.48 bits per heavy atom. The van der Waals surface area contributed by atoms with Crippen LogP contribution in [0.25, 0.3) is 0 Å². The zero-order chi connectivity index (χ0) is 18.4. The lowest BCUT2D eigenvalue weighted by atomic mass is 10.2. The molecule has 0 aromatic carbocycles. The van der Waals surface area contributed by atoms with Crippen LogP contribution in [-0.4, -0.2) is 29.3 Å². The summed E-state index contributed by atoms with van der Waals surface area (Å²) in [6.07, 6.45) is 3.60. The van der Waals surface area contributed by atoms with Crippen LogP contribution in [0, 0.1) is 12.8 Å². The molecule has 0 bridgehead atoms. The van der Waals surface area contributed by atoms with Crippen molar-refractivity contribution in [3.8, 4) is 0 Å². The number of aromatic carboxylic acids is 1. The van der Waals surface area contributed by atoms with Crippen molar-refractivity contribution in [2.75, 3.05) is 4.72 Å². The zero-order valence-electron chi connectivity index (χ0n) is 14.3. The molecule has 9 heteroatoms. The number of carboxylic acid groups (broad SMARTS) is 1. The standard InChI is InChI=1S/C16H21N3O4S2/c1-9(2)8-19-14(11-4-5-11)12(7-17-19)18-25(22,23)13-6-10(3)15(24-13)16(20)21/h6-7,9,11,18H,4-5,8H2,1-3H3,(H,20,21). The molecule has 136 valence electrons. The highest BCUT2D eigenvalue weighted by Gasteiger charge is 2.32. The van der Waals surface area contributed by atoms with Crippen LogP contribution in [0.15, 0.2) is 16.5 Å². The van der Waals surface area contributed by atoms with Gasteiger partial charge in [0.15, 0.2) is 0 Å². The highest BCUT2D eigenvalue weighted by atomic mass is 32.2. The number of aromatic nitrogens is 2. The van der Waals surface area contributed by atoms with Gasteiger partial charge in [-0.3, -0.25) is 9.40 Å². The number of rotatable bonds is 7. The van der Waals surface area contributed by atoms with E-state index in [2.05, 4.69) is 23.7 Å². The van der Waals surface area contributed by atoms with Crippen LogP contribution < -0.4 is 4.72 Å². The van der Waals surface area contributed by atoms with E-state index in [1.165, 1.54) is 6.07 Å². The minimum atomic E-state index is -3.84. The third kappa shape index (κ3) is 3.72. The van der Waals surface area contributed by atoms with Crippen LogP contribution in [0.2, 0.25) is 0 Å². The lowest BCUT2D eigenvalue weighted by Gasteiger charge is -2.12. The number of hydrogen-bond donors (Lipinski definition) is 2. The molecule has 0 atom stereocenters. The Kier molecular flexibility index (Phi) is 4.63. The van der Waals surface area contributed by atoms with Crippen LogP contribution in [-0.2, 0) is 16.6 Å². The Balaban J connectivity index is 1.92. The predicted molar refractivity (Wildman–Crippen MR) is 95.9 cm³/mol. The molecule has 0 radical (unpaired) electrons. The smallest absolute Gasteiger partial charge is 0.346 e. The molecule has 0 aliphatic heterocycles. The molecule has 3 rings (SSSR count). The first-order valence-corrected chi connectivity index (χ1v) is 10.4. The number of aryl methyl sites for hydroxylation is 1. The van der Waals surface area contributed by atoms with E-state index >= 15 is 0 Å². The van der Waals surface area contributed by atoms with Gasteiger partial charge in [-0.25, -0.2) is 13.2 Å². The van der Waals surface area contributed by atoms with Crippen LogP contribution in [0.5, 0.6) is 0 Å². The number of carbonyl (C=O) groups is 1. The van der Waals surface area contributed by atoms with Gasteiger partial charge in [0.1, 0.15) is 9.09 Å². The minimum Gasteiger partial charge on any atom is -0.477 e. The number of sulfonamides is 1. The topological polar surface area (TPSA) is 101 Å². The van der Waals surface area contributed by atoms with Crippen molar-refractivity contribution in [2.24, 2.45) is 5.92 Å². The lowest BCUT2D eigenvalue weighted by molar-refractivity contribution is 0.0701. The van der Waals surface area contributed by atoms with Crippen LogP contribution in [0.4, 0.5) is 5.69 Å². The Morgan fingerprint density at radius 3 is 2.68 bits per heavy atom. The van der Waals surface area contributed by atoms with Gasteiger partial charge >= 0.3 is 5.97 Å². The third-order valence-corrected chi connectivity index (χ3v) is 7.05. The van der Waals surface area contributed by atoms with Crippen molar-refractivity contribution in [3.63, 3.8) is 0 Å². The second kappa shape index (κ2) is 6.45. The summed E-state index contributed by atoms with van der Waals surface area (Å²) in [5.74, 6) is -0.383. The maximum absolute atomic E-state index is 12.7. The molecule has 2 aromatic rings. The number of hydrogen-bond acceptors (Lipinski definition) is 5. The highest BCUT2D eigenvalue weighted by molar-refractivity contribution is 7.94. The zero-order valence-corrected chi connectivity index (χ0v) is 15.9. The van der Waals surface area contributed by atoms with Crippen LogP contribution >= 0.6 is 11.3 Å². The average Bonchev–Trinajstić information content (AvgIpc) is 3.13. The summed E-state index contributed by atoms with van der Waals surface area (Å²) in [7, 11) is -3.84. The van der Waals surface area contributed by atoms with Gasteiger partial charge < -0.3 is 5.11 Å². The molecule has 2 heterocycles. The summed E-state index contributed by atoms with van der Waals surface area (Å²) < 4.78 is 29.9. The fourth-order valence-electron chi connectivity index (χ4n) is 2.74. The Morgan fingerprint density at radius 2 is 2.16 bits per heavy atom. The van der Waals surface area contributed by atoms with Gasteiger partial charge in [0.05, 0.1) is 17.6 Å². The molecule has 0 saturated heterocycles. The SMILES string of the molecule is Cc1cc(S(=O)(=O)Nc2cnn(CC(C)C)c2C2CC2)sc1C(=O)O. The molecule has 2 aromatic heterocycles. The minimum absolute atomic E-state index is 0.000700. The van der Waals surface area contributed by atoms with Gasteiger partial charge in [0.2, 0.25) is 0 Å². The maximum atomic E-state index is 12.7. The first-order chi connectivity index (χ1) is 11.7. The average molecular weight is 383 g/mol. The molecule has 0 amide bonds. The molecule has 1 aliphatic carbocycles. The Hall–Kier alpha value is -1.87. The van der Waals surface area contributed by atoms with E-state index in [9.17, 15) is 13.2 Å². The fourth-order valence-corrected chi connectivity index (χ4v) is 5.18. The normalized spacial score (nSPS) is 14.9. The van der Waals surface area contributed by atoms with Crippen molar-refractivity contribution in [1.82, 2.24) is 9.78 Å². The number of thiophene rings is 1. The monoisotopic (exact) mass is 383 g/mol. The lowest BCUT2D eigenvalue weighted by Crippen LogP contribution is -2.14. The summed E-state index contributed by atoms with van der Waals surface area (Å²) >= 11 is 0.764. The predicted octanol–water partition coefficient (Wildman–Crippen LogP) is 3.29. The van der Waals surface area contributed by atoms with Crippen molar-refractivity contribution >= 4 is 33.0 Å². The van der Waals surface area contributed by atoms with Gasteiger partial charge in [-0.15, -0.1) is 11.3 Å². The van der Waals surface area contributed by atoms with E-state index in [-0.39, 0.29) is 9.09 Å². The molecule has 1 saturated carbocycles. The molecule has 2 N–H and O–H groups in total. The molecule has 7 nitrogen and oxygen atoms in total. The molecule has 1 aliphatic rings. The van der Waals surface area contributed by atoms with Gasteiger partial charge in [-0.1, -0.05) is 13.8 Å². The van der Waals surface area contributed by atoms with E-state index < -0.39 is 16.0 Å². The van der Waals surface area contributed by atoms with Crippen molar-refractivity contribution < 1.29 is 18.3 Å². The quantitative estimate of drug-likeness (QED) is 0.764. The maximum Gasteiger partial charge on any atom is 0.346 e. The molecule has 0 spiro atoms. The summed E-state index contributed by atoms with van der Waals surface area (Å²) in [6.45, 7) is 6.50. The molecule has 25 heavy (non-hydrogen) atoms. The second-order valence-electron chi connectivity index (χ2n) is 6.78. The number of anilines is 1. The van der Waals surface area contributed by atoms with Crippen molar-refractivity contribution in [1.29, 1.82) is 0 Å². The largest absolute Gasteiger partial charge is 0.477 e. The van der Waals surface area contributed by atoms with Gasteiger partial charge in [0.25, 0.3) is 10.0 Å². The molecular formula is C16H21N3O4S2. The van der Waals surface area contributed by atoms with Crippen molar-refractivity contribution in [3.05, 3.63) is 28.4 Å². The van der Waals surface area contributed by atoms with E-state index in [1.54, 1.807) is 13.1 Å². The summed E-state index contributed by atoms with van der Waals surface area (Å²) in [4.78, 5) is 11.2.